The molecular weight excluding hydrogens is 708 g/mol. The van der Waals surface area contributed by atoms with Crippen molar-refractivity contribution in [2.24, 2.45) is 15.7 Å². The fourth-order valence-electron chi connectivity index (χ4n) is 6.32. The van der Waals surface area contributed by atoms with E-state index in [1.54, 1.807) is 83.5 Å². The van der Waals surface area contributed by atoms with Gasteiger partial charge in [-0.25, -0.2) is 0 Å². The third-order valence-corrected chi connectivity index (χ3v) is 9.21. The summed E-state index contributed by atoms with van der Waals surface area (Å²) in [6.45, 7) is 0.939. The molecule has 7 rings (SSSR count). The van der Waals surface area contributed by atoms with E-state index in [4.69, 9.17) is 53.6 Å². The van der Waals surface area contributed by atoms with Crippen molar-refractivity contribution in [1.82, 2.24) is 5.32 Å². The Morgan fingerprint density at radius 2 is 1.58 bits per heavy atom. The Hall–Kier alpha value is -5.64. The summed E-state index contributed by atoms with van der Waals surface area (Å²) in [5.74, 6) is 2.35. The van der Waals surface area contributed by atoms with Crippen LogP contribution in [0.2, 0.25) is 0 Å². The van der Waals surface area contributed by atoms with Crippen molar-refractivity contribution in [3.05, 3.63) is 101 Å². The molecule has 0 aliphatic carbocycles. The first kappa shape index (κ1) is 39.1. The van der Waals surface area contributed by atoms with Crippen LogP contribution in [0.15, 0.2) is 88.6 Å². The van der Waals surface area contributed by atoms with Gasteiger partial charge in [0.2, 0.25) is 5.75 Å². The first-order valence-electron chi connectivity index (χ1n) is 17.5. The first-order valence-corrected chi connectivity index (χ1v) is 17.5. The van der Waals surface area contributed by atoms with E-state index in [9.17, 15) is 10.2 Å². The van der Waals surface area contributed by atoms with E-state index in [-0.39, 0.29) is 36.3 Å². The van der Waals surface area contributed by atoms with Gasteiger partial charge in [-0.15, -0.1) is 0 Å². The van der Waals surface area contributed by atoms with Crippen molar-refractivity contribution in [2.75, 3.05) is 62.2 Å². The lowest BCUT2D eigenvalue weighted by molar-refractivity contribution is -0.0704. The minimum absolute atomic E-state index is 0.0134. The van der Waals surface area contributed by atoms with Crippen LogP contribution in [0.4, 0.5) is 0 Å². The summed E-state index contributed by atoms with van der Waals surface area (Å²) in [4.78, 5) is 9.74. The lowest BCUT2D eigenvalue weighted by Crippen LogP contribution is -2.24. The number of fused-ring (bicyclic) bond motifs is 7. The molecular formula is C41H46N4O10. The zero-order chi connectivity index (χ0) is 38.9. The summed E-state index contributed by atoms with van der Waals surface area (Å²) in [6, 6.07) is 17.5. The van der Waals surface area contributed by atoms with Crippen molar-refractivity contribution in [1.29, 1.82) is 0 Å². The summed E-state index contributed by atoms with van der Waals surface area (Å²) in [5, 5.41) is 26.2. The monoisotopic (exact) mass is 754 g/mol. The number of nitrogens with zero attached hydrogens (tertiary/aromatic N) is 2. The SMILES string of the molecule is COCCOCOCC1N/C=C2\N=C[C@@H](N=C[C@H](N)c3cc(O)c(OC)c(c3)Oc3ccc(cc3)[C@H]2O)c2ccc(OC)c(c2)-c2c(OC)cc(OC)cc21. The van der Waals surface area contributed by atoms with Gasteiger partial charge < -0.3 is 59.2 Å². The first-order chi connectivity index (χ1) is 26.8. The van der Waals surface area contributed by atoms with Crippen LogP contribution in [-0.4, -0.2) is 84.8 Å². The Kier molecular flexibility index (Phi) is 12.9. The number of hydrogen-bond acceptors (Lipinski definition) is 14. The van der Waals surface area contributed by atoms with Crippen LogP contribution in [-0.2, 0) is 14.2 Å². The highest BCUT2D eigenvalue weighted by atomic mass is 16.7. The minimum atomic E-state index is -1.19. The number of aliphatic hydroxyl groups is 1. The predicted octanol–water partition coefficient (Wildman–Crippen LogP) is 5.94. The van der Waals surface area contributed by atoms with Crippen LogP contribution >= 0.6 is 0 Å². The molecule has 3 aliphatic rings. The minimum Gasteiger partial charge on any atom is -0.504 e. The number of phenols is 1. The van der Waals surface area contributed by atoms with Gasteiger partial charge in [0.25, 0.3) is 0 Å². The number of methoxy groups -OCH3 is 5. The van der Waals surface area contributed by atoms with E-state index in [0.717, 1.165) is 16.7 Å². The van der Waals surface area contributed by atoms with Gasteiger partial charge in [-0.05, 0) is 64.7 Å². The number of nitrogens with two attached hydrogens (primary N) is 1. The molecule has 0 saturated heterocycles. The Labute approximate surface area is 319 Å². The van der Waals surface area contributed by atoms with E-state index in [2.05, 4.69) is 5.32 Å². The molecule has 0 saturated carbocycles. The van der Waals surface area contributed by atoms with Gasteiger partial charge in [-0.3, -0.25) is 9.98 Å². The molecule has 8 bridgehead atoms. The molecule has 14 nitrogen and oxygen atoms in total. The molecule has 4 aromatic carbocycles. The van der Waals surface area contributed by atoms with Gasteiger partial charge in [0.1, 0.15) is 41.9 Å². The van der Waals surface area contributed by atoms with Crippen molar-refractivity contribution < 1.29 is 48.1 Å². The number of ether oxygens (including phenoxy) is 8. The molecule has 1 unspecified atom stereocenters. The van der Waals surface area contributed by atoms with E-state index in [0.29, 0.717) is 52.9 Å². The highest BCUT2D eigenvalue weighted by molar-refractivity contribution is 5.83. The second-order valence-electron chi connectivity index (χ2n) is 12.6. The smallest absolute Gasteiger partial charge is 0.203 e. The van der Waals surface area contributed by atoms with Gasteiger partial charge >= 0.3 is 0 Å². The lowest BCUT2D eigenvalue weighted by Gasteiger charge is -2.26. The van der Waals surface area contributed by atoms with Crippen LogP contribution in [0, 0.1) is 0 Å². The Morgan fingerprint density at radius 1 is 0.800 bits per heavy atom. The normalized spacial score (nSPS) is 19.9. The summed E-state index contributed by atoms with van der Waals surface area (Å²) in [5.41, 5.74) is 10.9. The standard InChI is InChI=1S/C41H46N4O10/c1-48-12-13-53-23-54-22-34-29-17-28(49-2)18-37(51-4)39(29)30-14-25(8-11-36(30)50-3)32-20-44-33(21-45-34)40(47)24-6-9-27(10-7-24)55-38-16-26(31(42)19-43-32)15-35(46)41(38)52-5/h6-11,14-21,31-32,34,40,45-47H,12-13,22-23,42H2,1-5H3/b33-21-,43-19?,44-20?/t31-,32+,34?,40+/m0/s1. The van der Waals surface area contributed by atoms with Crippen LogP contribution in [0.3, 0.4) is 0 Å². The topological polar surface area (TPSA) is 177 Å². The quantitative estimate of drug-likeness (QED) is 0.105. The van der Waals surface area contributed by atoms with Crippen molar-refractivity contribution in [3.63, 3.8) is 0 Å². The van der Waals surface area contributed by atoms with E-state index in [1.807, 2.05) is 24.3 Å². The highest BCUT2D eigenvalue weighted by Crippen LogP contribution is 2.46. The van der Waals surface area contributed by atoms with E-state index < -0.39 is 24.2 Å². The summed E-state index contributed by atoms with van der Waals surface area (Å²) < 4.78 is 46.0. The molecule has 0 amide bonds. The molecule has 290 valence electrons. The van der Waals surface area contributed by atoms with Gasteiger partial charge in [0.05, 0.1) is 66.0 Å². The Bertz CT molecular complexity index is 2030. The average molecular weight is 755 g/mol. The molecule has 3 aliphatic heterocycles. The highest BCUT2D eigenvalue weighted by Gasteiger charge is 2.27. The third-order valence-electron chi connectivity index (χ3n) is 9.21. The number of benzene rings is 4. The fourth-order valence-corrected chi connectivity index (χ4v) is 6.32. The van der Waals surface area contributed by atoms with Crippen molar-refractivity contribution in [2.45, 2.75) is 24.2 Å². The molecule has 0 radical (unpaired) electrons. The molecule has 55 heavy (non-hydrogen) atoms. The molecule has 4 atom stereocenters. The predicted molar refractivity (Wildman–Crippen MR) is 207 cm³/mol. The van der Waals surface area contributed by atoms with Gasteiger partial charge in [-0.1, -0.05) is 18.2 Å². The van der Waals surface area contributed by atoms with E-state index in [1.165, 1.54) is 13.2 Å². The molecule has 14 heteroatoms. The van der Waals surface area contributed by atoms with Gasteiger partial charge in [0, 0.05) is 42.9 Å². The van der Waals surface area contributed by atoms with E-state index >= 15 is 0 Å². The lowest BCUT2D eigenvalue weighted by atomic mass is 9.90. The van der Waals surface area contributed by atoms with Gasteiger partial charge in [0.15, 0.2) is 11.5 Å². The number of nitrogens with one attached hydrogen (secondary N) is 1. The van der Waals surface area contributed by atoms with Crippen LogP contribution in [0.5, 0.6) is 40.2 Å². The summed E-state index contributed by atoms with van der Waals surface area (Å²) in [6.07, 6.45) is 3.69. The average Bonchev–Trinajstić information content (AvgIpc) is 3.20. The Balaban J connectivity index is 1.56. The fraction of sp³-hybridized carbons (Fsp3) is 0.317. The number of aliphatic hydroxyl groups excluding tert-OH is 1. The van der Waals surface area contributed by atoms with Crippen molar-refractivity contribution in [3.8, 4) is 51.4 Å². The second kappa shape index (κ2) is 18.1. The Morgan fingerprint density at radius 3 is 2.31 bits per heavy atom. The zero-order valence-corrected chi connectivity index (χ0v) is 31.4. The number of hydrogen-bond donors (Lipinski definition) is 4. The van der Waals surface area contributed by atoms with Crippen molar-refractivity contribution >= 4 is 12.4 Å². The molecule has 4 aromatic rings. The molecule has 3 heterocycles. The molecule has 0 spiro atoms. The van der Waals surface area contributed by atoms with Crippen LogP contribution in [0.1, 0.15) is 46.5 Å². The molecule has 0 aromatic heterocycles. The van der Waals surface area contributed by atoms with Crippen LogP contribution < -0.4 is 34.7 Å². The number of aliphatic imine (C=N–C) groups is 2. The molecule has 0 fully saturated rings. The number of rotatable bonds is 11. The maximum Gasteiger partial charge on any atom is 0.203 e. The van der Waals surface area contributed by atoms with Gasteiger partial charge in [-0.2, -0.15) is 0 Å². The number of phenolic OH excluding ortho intramolecular Hbond substituents is 1. The molecule has 5 N–H and O–H groups in total. The number of aromatic hydroxyl groups is 1. The third kappa shape index (κ3) is 8.85. The summed E-state index contributed by atoms with van der Waals surface area (Å²) >= 11 is 0. The zero-order valence-electron chi connectivity index (χ0n) is 31.4. The maximum atomic E-state index is 11.9. The maximum absolute atomic E-state index is 11.9. The second-order valence-corrected chi connectivity index (χ2v) is 12.6. The van der Waals surface area contributed by atoms with Crippen LogP contribution in [0.25, 0.3) is 11.1 Å². The largest absolute Gasteiger partial charge is 0.504 e. The summed E-state index contributed by atoms with van der Waals surface area (Å²) in [7, 11) is 7.82.